The molecule has 0 aliphatic rings. The molecule has 15 heavy (non-hydrogen) atoms. The number of fused-ring (bicyclic) bond motifs is 1. The molecule has 0 amide bonds. The van der Waals surface area contributed by atoms with E-state index in [-0.39, 0.29) is 0 Å². The Hall–Kier alpha value is -1.28. The normalized spacial score (nSPS) is 13.6. The van der Waals surface area contributed by atoms with Crippen molar-refractivity contribution < 1.29 is 4.42 Å². The second-order valence-corrected chi connectivity index (χ2v) is 4.20. The SMILES string of the molecule is CNC(c1coc2ccccc12)C(C)C. The lowest BCUT2D eigenvalue weighted by molar-refractivity contribution is 0.439. The van der Waals surface area contributed by atoms with Gasteiger partial charge in [-0.15, -0.1) is 0 Å². The standard InChI is InChI=1S/C13H17NO/c1-9(2)13(14-3)11-8-15-12-7-5-4-6-10(11)12/h4-9,13-14H,1-3H3. The topological polar surface area (TPSA) is 25.2 Å². The predicted molar refractivity (Wildman–Crippen MR) is 62.9 cm³/mol. The molecular formula is C13H17NO. The first-order chi connectivity index (χ1) is 7.24. The molecule has 0 aliphatic carbocycles. The molecule has 2 nitrogen and oxygen atoms in total. The molecule has 1 aromatic carbocycles. The van der Waals surface area contributed by atoms with Crippen LogP contribution in [0.25, 0.3) is 11.0 Å². The summed E-state index contributed by atoms with van der Waals surface area (Å²) in [6.07, 6.45) is 1.87. The molecule has 1 N–H and O–H groups in total. The van der Waals surface area contributed by atoms with Crippen LogP contribution in [0, 0.1) is 5.92 Å². The van der Waals surface area contributed by atoms with Crippen LogP contribution in [-0.2, 0) is 0 Å². The fraction of sp³-hybridized carbons (Fsp3) is 0.385. The number of benzene rings is 1. The molecule has 0 spiro atoms. The van der Waals surface area contributed by atoms with E-state index in [4.69, 9.17) is 4.42 Å². The summed E-state index contributed by atoms with van der Waals surface area (Å²) < 4.78 is 5.54. The molecule has 2 heteroatoms. The highest BCUT2D eigenvalue weighted by molar-refractivity contribution is 5.81. The maximum absolute atomic E-state index is 5.54. The fourth-order valence-electron chi connectivity index (χ4n) is 2.09. The van der Waals surface area contributed by atoms with Gasteiger partial charge in [0.05, 0.1) is 6.26 Å². The van der Waals surface area contributed by atoms with Crippen molar-refractivity contribution in [2.45, 2.75) is 19.9 Å². The Labute approximate surface area is 90.3 Å². The Balaban J connectivity index is 2.51. The molecular weight excluding hydrogens is 186 g/mol. The Morgan fingerprint density at radius 3 is 2.60 bits per heavy atom. The van der Waals surface area contributed by atoms with Crippen molar-refractivity contribution in [2.75, 3.05) is 7.05 Å². The summed E-state index contributed by atoms with van der Waals surface area (Å²) >= 11 is 0. The largest absolute Gasteiger partial charge is 0.464 e. The zero-order valence-electron chi connectivity index (χ0n) is 9.45. The molecule has 1 unspecified atom stereocenters. The summed E-state index contributed by atoms with van der Waals surface area (Å²) in [4.78, 5) is 0. The predicted octanol–water partition coefficient (Wildman–Crippen LogP) is 3.35. The maximum atomic E-state index is 5.54. The summed E-state index contributed by atoms with van der Waals surface area (Å²) in [7, 11) is 1.99. The molecule has 1 heterocycles. The third-order valence-corrected chi connectivity index (χ3v) is 2.82. The van der Waals surface area contributed by atoms with Crippen molar-refractivity contribution in [3.63, 3.8) is 0 Å². The zero-order chi connectivity index (χ0) is 10.8. The molecule has 0 bridgehead atoms. The molecule has 1 atom stereocenters. The summed E-state index contributed by atoms with van der Waals surface area (Å²) in [6, 6.07) is 8.52. The number of nitrogens with one attached hydrogen (secondary N) is 1. The monoisotopic (exact) mass is 203 g/mol. The van der Waals surface area contributed by atoms with E-state index in [2.05, 4.69) is 31.3 Å². The molecule has 2 rings (SSSR count). The first-order valence-electron chi connectivity index (χ1n) is 5.37. The molecule has 0 radical (unpaired) electrons. The van der Waals surface area contributed by atoms with Gasteiger partial charge in [0.2, 0.25) is 0 Å². The number of rotatable bonds is 3. The second kappa shape index (κ2) is 4.07. The molecule has 0 fully saturated rings. The highest BCUT2D eigenvalue weighted by Crippen LogP contribution is 2.29. The van der Waals surface area contributed by atoms with Gasteiger partial charge in [-0.1, -0.05) is 32.0 Å². The van der Waals surface area contributed by atoms with Crippen molar-refractivity contribution in [1.29, 1.82) is 0 Å². The van der Waals surface area contributed by atoms with Crippen LogP contribution in [-0.4, -0.2) is 7.05 Å². The van der Waals surface area contributed by atoms with Crippen LogP contribution in [0.2, 0.25) is 0 Å². The van der Waals surface area contributed by atoms with E-state index in [0.717, 1.165) is 5.58 Å². The van der Waals surface area contributed by atoms with Gasteiger partial charge >= 0.3 is 0 Å². The van der Waals surface area contributed by atoms with Crippen LogP contribution in [0.15, 0.2) is 34.9 Å². The van der Waals surface area contributed by atoms with Gasteiger partial charge in [0, 0.05) is 17.0 Å². The Morgan fingerprint density at radius 2 is 1.93 bits per heavy atom. The number of furan rings is 1. The van der Waals surface area contributed by atoms with E-state index >= 15 is 0 Å². The van der Waals surface area contributed by atoms with Gasteiger partial charge in [-0.25, -0.2) is 0 Å². The van der Waals surface area contributed by atoms with E-state index < -0.39 is 0 Å². The molecule has 2 aromatic rings. The molecule has 1 aromatic heterocycles. The fourth-order valence-corrected chi connectivity index (χ4v) is 2.09. The molecule has 0 saturated heterocycles. The van der Waals surface area contributed by atoms with Gasteiger partial charge in [-0.05, 0) is 19.0 Å². The lowest BCUT2D eigenvalue weighted by Gasteiger charge is -2.18. The van der Waals surface area contributed by atoms with Crippen LogP contribution in [0.1, 0.15) is 25.5 Å². The maximum Gasteiger partial charge on any atom is 0.134 e. The quantitative estimate of drug-likeness (QED) is 0.827. The van der Waals surface area contributed by atoms with Gasteiger partial charge in [-0.2, -0.15) is 0 Å². The second-order valence-electron chi connectivity index (χ2n) is 4.20. The minimum Gasteiger partial charge on any atom is -0.464 e. The van der Waals surface area contributed by atoms with E-state index in [1.54, 1.807) is 0 Å². The Morgan fingerprint density at radius 1 is 1.20 bits per heavy atom. The molecule has 0 aliphatic heterocycles. The van der Waals surface area contributed by atoms with Gasteiger partial charge in [0.25, 0.3) is 0 Å². The van der Waals surface area contributed by atoms with Crippen molar-refractivity contribution in [3.05, 3.63) is 36.1 Å². The average Bonchev–Trinajstić information content (AvgIpc) is 2.63. The summed E-state index contributed by atoms with van der Waals surface area (Å²) in [5, 5.41) is 4.55. The van der Waals surface area contributed by atoms with Gasteiger partial charge in [0.15, 0.2) is 0 Å². The van der Waals surface area contributed by atoms with E-state index in [1.165, 1.54) is 10.9 Å². The van der Waals surface area contributed by atoms with Crippen LogP contribution < -0.4 is 5.32 Å². The lowest BCUT2D eigenvalue weighted by atomic mass is 9.96. The van der Waals surface area contributed by atoms with Crippen LogP contribution in [0.3, 0.4) is 0 Å². The highest BCUT2D eigenvalue weighted by atomic mass is 16.3. The van der Waals surface area contributed by atoms with Crippen molar-refractivity contribution in [1.82, 2.24) is 5.32 Å². The third kappa shape index (κ3) is 1.77. The van der Waals surface area contributed by atoms with E-state index in [9.17, 15) is 0 Å². The number of para-hydroxylation sites is 1. The van der Waals surface area contributed by atoms with E-state index in [0.29, 0.717) is 12.0 Å². The van der Waals surface area contributed by atoms with Crippen molar-refractivity contribution in [3.8, 4) is 0 Å². The van der Waals surface area contributed by atoms with Gasteiger partial charge in [-0.3, -0.25) is 0 Å². The van der Waals surface area contributed by atoms with E-state index in [1.807, 2.05) is 25.4 Å². The van der Waals surface area contributed by atoms with Crippen molar-refractivity contribution >= 4 is 11.0 Å². The smallest absolute Gasteiger partial charge is 0.134 e. The molecule has 0 saturated carbocycles. The lowest BCUT2D eigenvalue weighted by Crippen LogP contribution is -2.21. The van der Waals surface area contributed by atoms with Gasteiger partial charge < -0.3 is 9.73 Å². The summed E-state index contributed by atoms with van der Waals surface area (Å²) in [6.45, 7) is 4.42. The highest BCUT2D eigenvalue weighted by Gasteiger charge is 2.17. The number of hydrogen-bond acceptors (Lipinski definition) is 2. The Bertz CT molecular complexity index is 444. The van der Waals surface area contributed by atoms with Crippen LogP contribution in [0.5, 0.6) is 0 Å². The summed E-state index contributed by atoms with van der Waals surface area (Å²) in [5.41, 5.74) is 2.22. The summed E-state index contributed by atoms with van der Waals surface area (Å²) in [5.74, 6) is 0.552. The zero-order valence-corrected chi connectivity index (χ0v) is 9.45. The average molecular weight is 203 g/mol. The molecule has 80 valence electrons. The van der Waals surface area contributed by atoms with Gasteiger partial charge in [0.1, 0.15) is 5.58 Å². The minimum atomic E-state index is 0.355. The first kappa shape index (κ1) is 10.2. The number of hydrogen-bond donors (Lipinski definition) is 1. The first-order valence-corrected chi connectivity index (χ1v) is 5.37. The minimum absolute atomic E-state index is 0.355. The third-order valence-electron chi connectivity index (χ3n) is 2.82. The van der Waals surface area contributed by atoms with Crippen LogP contribution in [0.4, 0.5) is 0 Å². The van der Waals surface area contributed by atoms with Crippen LogP contribution >= 0.6 is 0 Å². The Kier molecular flexibility index (Phi) is 2.78. The van der Waals surface area contributed by atoms with Crippen molar-refractivity contribution in [2.24, 2.45) is 5.92 Å².